The molecule has 4 aliphatic rings. The van der Waals surface area contributed by atoms with E-state index in [0.717, 1.165) is 69.4 Å². The summed E-state index contributed by atoms with van der Waals surface area (Å²) in [5, 5.41) is 10.7. The summed E-state index contributed by atoms with van der Waals surface area (Å²) in [4.78, 5) is 4.83. The molecule has 0 spiro atoms. The third-order valence-corrected chi connectivity index (χ3v) is 9.16. The minimum atomic E-state index is -0.293. The average molecular weight is 536 g/mol. The molecule has 208 valence electrons. The van der Waals surface area contributed by atoms with Crippen molar-refractivity contribution in [3.05, 3.63) is 39.4 Å². The predicted molar refractivity (Wildman–Crippen MR) is 144 cm³/mol. The van der Waals surface area contributed by atoms with Crippen LogP contribution in [-0.4, -0.2) is 69.9 Å². The zero-order chi connectivity index (χ0) is 27.6. The molecule has 9 heteroatoms. The molecule has 0 radical (unpaired) electrons. The summed E-state index contributed by atoms with van der Waals surface area (Å²) in [6.45, 7) is 6.57. The summed E-state index contributed by atoms with van der Waals surface area (Å²) in [6, 6.07) is 4.61. The van der Waals surface area contributed by atoms with Gasteiger partial charge in [0.05, 0.1) is 26.3 Å². The Balaban J connectivity index is 1.61. The van der Waals surface area contributed by atoms with Crippen LogP contribution in [0.2, 0.25) is 0 Å². The Kier molecular flexibility index (Phi) is 6.53. The minimum absolute atomic E-state index is 0.00150. The minimum Gasteiger partial charge on any atom is -0.496 e. The molecule has 0 saturated carbocycles. The second kappa shape index (κ2) is 9.77. The fourth-order valence-electron chi connectivity index (χ4n) is 7.75. The zero-order valence-electron chi connectivity index (χ0n) is 23.8. The van der Waals surface area contributed by atoms with Gasteiger partial charge in [0.1, 0.15) is 11.8 Å². The van der Waals surface area contributed by atoms with Gasteiger partial charge in [-0.1, -0.05) is 13.0 Å². The molecule has 4 heterocycles. The van der Waals surface area contributed by atoms with Gasteiger partial charge in [0.15, 0.2) is 29.8 Å². The number of nitrogens with zero attached hydrogens (tertiary/aromatic N) is 3. The van der Waals surface area contributed by atoms with E-state index in [2.05, 4.69) is 35.9 Å². The summed E-state index contributed by atoms with van der Waals surface area (Å²) < 4.78 is 35.5. The smallest absolute Gasteiger partial charge is 0.231 e. The number of nitriles is 1. The van der Waals surface area contributed by atoms with E-state index in [1.807, 2.05) is 13.8 Å². The van der Waals surface area contributed by atoms with Crippen molar-refractivity contribution < 1.29 is 28.4 Å². The molecule has 1 fully saturated rings. The molecule has 4 aliphatic heterocycles. The van der Waals surface area contributed by atoms with Gasteiger partial charge in [0.25, 0.3) is 0 Å². The van der Waals surface area contributed by atoms with Crippen molar-refractivity contribution in [1.82, 2.24) is 9.80 Å². The number of likely N-dealkylation sites (N-methyl/N-ethyl adjacent to an activating group) is 1. The van der Waals surface area contributed by atoms with Crippen LogP contribution < -0.4 is 23.7 Å². The van der Waals surface area contributed by atoms with Crippen LogP contribution in [0.15, 0.2) is 6.07 Å². The maximum Gasteiger partial charge on any atom is 0.231 e. The standard InChI is InChI=1S/C30H37N3O6/c1-8-19-24-18(27(36-7)16(3)28-30(24)39-14-38-28)11-21-25-23-17(10-20(32(25)4)22(12-31)33(19)21)9-15(2)26(35-6)29(23)37-13-34-5/h9,19-22,25H,8,10-11,13-14H2,1-7H3/t19-,20-,21-,22-,25-/m0/s1. The van der Waals surface area contributed by atoms with E-state index in [1.165, 1.54) is 5.56 Å². The Morgan fingerprint density at radius 2 is 1.74 bits per heavy atom. The Hall–Kier alpha value is -3.19. The first kappa shape index (κ1) is 26.1. The van der Waals surface area contributed by atoms with Crippen LogP contribution >= 0.6 is 0 Å². The Morgan fingerprint density at radius 3 is 2.41 bits per heavy atom. The van der Waals surface area contributed by atoms with Gasteiger partial charge in [0, 0.05) is 47.5 Å². The molecule has 0 unspecified atom stereocenters. The quantitative estimate of drug-likeness (QED) is 0.505. The normalized spacial score (nSPS) is 26.8. The highest BCUT2D eigenvalue weighted by Crippen LogP contribution is 2.59. The monoisotopic (exact) mass is 535 g/mol. The molecule has 0 N–H and O–H groups in total. The summed E-state index contributed by atoms with van der Waals surface area (Å²) >= 11 is 0. The lowest BCUT2D eigenvalue weighted by Gasteiger charge is -2.60. The molecule has 1 saturated heterocycles. The molecule has 0 aromatic heterocycles. The molecule has 2 bridgehead atoms. The molecular formula is C30H37N3O6. The van der Waals surface area contributed by atoms with Crippen LogP contribution in [0.4, 0.5) is 0 Å². The number of ether oxygens (including phenoxy) is 6. The highest BCUT2D eigenvalue weighted by atomic mass is 16.7. The third-order valence-electron chi connectivity index (χ3n) is 9.16. The number of piperazine rings is 1. The van der Waals surface area contributed by atoms with Crippen molar-refractivity contribution in [3.8, 4) is 34.8 Å². The van der Waals surface area contributed by atoms with Crippen molar-refractivity contribution in [3.63, 3.8) is 0 Å². The first-order valence-corrected chi connectivity index (χ1v) is 13.6. The van der Waals surface area contributed by atoms with E-state index in [9.17, 15) is 5.26 Å². The number of aryl methyl sites for hydroxylation is 1. The van der Waals surface area contributed by atoms with Gasteiger partial charge in [-0.05, 0) is 51.3 Å². The fraction of sp³-hybridized carbons (Fsp3) is 0.567. The zero-order valence-corrected chi connectivity index (χ0v) is 23.8. The molecule has 9 nitrogen and oxygen atoms in total. The van der Waals surface area contributed by atoms with Crippen molar-refractivity contribution in [2.24, 2.45) is 0 Å². The number of fused-ring (bicyclic) bond motifs is 9. The van der Waals surface area contributed by atoms with Crippen molar-refractivity contribution in [1.29, 1.82) is 5.26 Å². The van der Waals surface area contributed by atoms with Crippen LogP contribution in [0.25, 0.3) is 0 Å². The second-order valence-corrected chi connectivity index (χ2v) is 10.9. The Bertz CT molecular complexity index is 1350. The Morgan fingerprint density at radius 1 is 1.00 bits per heavy atom. The summed E-state index contributed by atoms with van der Waals surface area (Å²) in [6.07, 6.45) is 2.27. The van der Waals surface area contributed by atoms with E-state index in [1.54, 1.807) is 21.3 Å². The van der Waals surface area contributed by atoms with Crippen LogP contribution in [-0.2, 0) is 17.6 Å². The maximum atomic E-state index is 10.7. The van der Waals surface area contributed by atoms with Gasteiger partial charge >= 0.3 is 0 Å². The van der Waals surface area contributed by atoms with Gasteiger partial charge in [-0.25, -0.2) is 0 Å². The average Bonchev–Trinajstić information content (AvgIpc) is 3.42. The number of methoxy groups -OCH3 is 3. The summed E-state index contributed by atoms with van der Waals surface area (Å²) in [5.74, 6) is 3.86. The van der Waals surface area contributed by atoms with E-state index >= 15 is 0 Å². The number of benzene rings is 2. The lowest BCUT2D eigenvalue weighted by atomic mass is 9.71. The molecule has 5 atom stereocenters. The van der Waals surface area contributed by atoms with Crippen molar-refractivity contribution in [2.45, 2.75) is 70.2 Å². The number of hydrogen-bond acceptors (Lipinski definition) is 9. The largest absolute Gasteiger partial charge is 0.496 e. The van der Waals surface area contributed by atoms with Gasteiger partial charge in [-0.15, -0.1) is 0 Å². The van der Waals surface area contributed by atoms with Gasteiger partial charge in [-0.3, -0.25) is 9.80 Å². The molecule has 2 aromatic rings. The Labute approximate surface area is 230 Å². The molecule has 0 aliphatic carbocycles. The van der Waals surface area contributed by atoms with E-state index < -0.39 is 0 Å². The number of hydrogen-bond donors (Lipinski definition) is 0. The molecule has 2 aromatic carbocycles. The van der Waals surface area contributed by atoms with Crippen LogP contribution in [0.5, 0.6) is 28.7 Å². The fourth-order valence-corrected chi connectivity index (χ4v) is 7.75. The van der Waals surface area contributed by atoms with E-state index in [0.29, 0.717) is 6.42 Å². The molecule has 39 heavy (non-hydrogen) atoms. The van der Waals surface area contributed by atoms with Crippen LogP contribution in [0, 0.1) is 25.2 Å². The van der Waals surface area contributed by atoms with Crippen LogP contribution in [0.3, 0.4) is 0 Å². The van der Waals surface area contributed by atoms with Crippen LogP contribution in [0.1, 0.15) is 58.8 Å². The lowest BCUT2D eigenvalue weighted by Crippen LogP contribution is -2.68. The van der Waals surface area contributed by atoms with Gasteiger partial charge in [0.2, 0.25) is 6.79 Å². The lowest BCUT2D eigenvalue weighted by molar-refractivity contribution is -0.0745. The highest BCUT2D eigenvalue weighted by Gasteiger charge is 2.56. The topological polar surface area (TPSA) is 85.7 Å². The molecule has 0 amide bonds. The summed E-state index contributed by atoms with van der Waals surface area (Å²) in [7, 11) is 7.17. The van der Waals surface area contributed by atoms with E-state index in [-0.39, 0.29) is 43.8 Å². The third kappa shape index (κ3) is 3.55. The summed E-state index contributed by atoms with van der Waals surface area (Å²) in [5.41, 5.74) is 6.54. The van der Waals surface area contributed by atoms with Crippen molar-refractivity contribution in [2.75, 3.05) is 42.0 Å². The van der Waals surface area contributed by atoms with E-state index in [4.69, 9.17) is 28.4 Å². The highest BCUT2D eigenvalue weighted by molar-refractivity contribution is 5.66. The number of rotatable bonds is 6. The van der Waals surface area contributed by atoms with Gasteiger partial charge in [-0.2, -0.15) is 5.26 Å². The second-order valence-electron chi connectivity index (χ2n) is 10.9. The maximum absolute atomic E-state index is 10.7. The van der Waals surface area contributed by atoms with Gasteiger partial charge < -0.3 is 28.4 Å². The first-order chi connectivity index (χ1) is 18.9. The SMILES string of the molecule is CC[C@H]1c2c(c(OC)c(C)c3c2OCO3)C[C@H]2[C@H]3c4c(cc(C)c(OC)c4OCOC)C[C@@H]([C@H](C#N)N12)N3C. The molecule has 6 rings (SSSR count). The molecular weight excluding hydrogens is 498 g/mol. The van der Waals surface area contributed by atoms with Crippen molar-refractivity contribution >= 4 is 0 Å². The first-order valence-electron chi connectivity index (χ1n) is 13.6. The predicted octanol–water partition coefficient (Wildman–Crippen LogP) is 4.21.